The van der Waals surface area contributed by atoms with Crippen LogP contribution in [0.5, 0.6) is 0 Å². The molecule has 0 aliphatic heterocycles. The smallest absolute Gasteiger partial charge is 0.164 e. The van der Waals surface area contributed by atoms with Gasteiger partial charge in [-0.1, -0.05) is 91.0 Å². The number of furan rings is 1. The van der Waals surface area contributed by atoms with Crippen LogP contribution in [0.2, 0.25) is 0 Å². The van der Waals surface area contributed by atoms with E-state index in [1.165, 1.54) is 20.2 Å². The van der Waals surface area contributed by atoms with Gasteiger partial charge in [0.15, 0.2) is 17.5 Å². The Balaban J connectivity index is 1.31. The third kappa shape index (κ3) is 4.24. The predicted molar refractivity (Wildman–Crippen MR) is 197 cm³/mol. The van der Waals surface area contributed by atoms with E-state index in [4.69, 9.17) is 19.4 Å². The molecule has 224 valence electrons. The highest BCUT2D eigenvalue weighted by molar-refractivity contribution is 7.25. The van der Waals surface area contributed by atoms with E-state index in [-0.39, 0.29) is 0 Å². The Kier molecular flexibility index (Phi) is 5.98. The second kappa shape index (κ2) is 10.7. The van der Waals surface area contributed by atoms with Crippen LogP contribution in [0.1, 0.15) is 0 Å². The lowest BCUT2D eigenvalue weighted by atomic mass is 9.94. The van der Waals surface area contributed by atoms with E-state index in [2.05, 4.69) is 71.7 Å². The number of hydrogen-bond donors (Lipinski definition) is 0. The van der Waals surface area contributed by atoms with Crippen LogP contribution in [0.15, 0.2) is 150 Å². The molecule has 0 fully saturated rings. The van der Waals surface area contributed by atoms with Gasteiger partial charge in [0.05, 0.1) is 0 Å². The fourth-order valence-electron chi connectivity index (χ4n) is 6.79. The highest BCUT2D eigenvalue weighted by Gasteiger charge is 2.22. The maximum Gasteiger partial charge on any atom is 0.164 e. The van der Waals surface area contributed by atoms with Crippen LogP contribution >= 0.6 is 11.3 Å². The van der Waals surface area contributed by atoms with Gasteiger partial charge < -0.3 is 4.42 Å². The molecule has 0 spiro atoms. The van der Waals surface area contributed by atoms with Gasteiger partial charge in [0.25, 0.3) is 0 Å². The van der Waals surface area contributed by atoms with Crippen molar-refractivity contribution in [1.82, 2.24) is 19.9 Å². The lowest BCUT2D eigenvalue weighted by Crippen LogP contribution is -2.00. The van der Waals surface area contributed by atoms with Crippen LogP contribution in [0.4, 0.5) is 0 Å². The normalized spacial score (nSPS) is 11.8. The van der Waals surface area contributed by atoms with Gasteiger partial charge >= 0.3 is 0 Å². The molecule has 10 aromatic rings. The van der Waals surface area contributed by atoms with Gasteiger partial charge in [0.2, 0.25) is 0 Å². The molecule has 0 atom stereocenters. The van der Waals surface area contributed by atoms with Crippen LogP contribution in [-0.4, -0.2) is 19.9 Å². The Hall–Kier alpha value is -6.24. The molecule has 0 radical (unpaired) electrons. The summed E-state index contributed by atoms with van der Waals surface area (Å²) in [5, 5.41) is 6.56. The van der Waals surface area contributed by atoms with E-state index in [1.54, 1.807) is 0 Å². The van der Waals surface area contributed by atoms with E-state index in [9.17, 15) is 0 Å². The van der Waals surface area contributed by atoms with Crippen molar-refractivity contribution in [2.24, 2.45) is 0 Å². The molecule has 6 heteroatoms. The average molecular weight is 633 g/mol. The van der Waals surface area contributed by atoms with Crippen LogP contribution in [0, 0.1) is 0 Å². The number of rotatable bonds is 4. The van der Waals surface area contributed by atoms with E-state index >= 15 is 0 Å². The molecule has 6 aromatic carbocycles. The summed E-state index contributed by atoms with van der Waals surface area (Å²) in [5.74, 6) is 1.83. The molecule has 4 aromatic heterocycles. The minimum Gasteiger partial charge on any atom is -0.455 e. The Labute approximate surface area is 278 Å². The van der Waals surface area contributed by atoms with Crippen molar-refractivity contribution in [1.29, 1.82) is 0 Å². The Morgan fingerprint density at radius 2 is 1.17 bits per heavy atom. The van der Waals surface area contributed by atoms with Crippen LogP contribution in [0.3, 0.4) is 0 Å². The molecular weight excluding hydrogens is 609 g/mol. The van der Waals surface area contributed by atoms with Gasteiger partial charge in [-0.2, -0.15) is 0 Å². The molecule has 0 unspecified atom stereocenters. The van der Waals surface area contributed by atoms with Gasteiger partial charge in [-0.25, -0.2) is 15.0 Å². The molecule has 0 N–H and O–H groups in total. The summed E-state index contributed by atoms with van der Waals surface area (Å²) in [6.07, 6.45) is 3.72. The quantitative estimate of drug-likeness (QED) is 0.193. The van der Waals surface area contributed by atoms with E-state index in [0.29, 0.717) is 17.5 Å². The molecule has 0 aliphatic carbocycles. The minimum absolute atomic E-state index is 0.590. The van der Waals surface area contributed by atoms with Crippen molar-refractivity contribution in [3.05, 3.63) is 146 Å². The Bertz CT molecular complexity index is 2780. The average Bonchev–Trinajstić information content (AvgIpc) is 3.72. The van der Waals surface area contributed by atoms with Crippen molar-refractivity contribution >= 4 is 64.2 Å². The number of aromatic nitrogens is 4. The van der Waals surface area contributed by atoms with Gasteiger partial charge in [0, 0.05) is 71.0 Å². The van der Waals surface area contributed by atoms with Gasteiger partial charge in [0.1, 0.15) is 11.2 Å². The topological polar surface area (TPSA) is 64.7 Å². The predicted octanol–water partition coefficient (Wildman–Crippen LogP) is 11.4. The number of thiophene rings is 1. The molecule has 0 saturated heterocycles. The summed E-state index contributed by atoms with van der Waals surface area (Å²) in [6, 6.07) is 45.9. The van der Waals surface area contributed by atoms with Crippen molar-refractivity contribution in [3.63, 3.8) is 0 Å². The number of pyridine rings is 1. The third-order valence-electron chi connectivity index (χ3n) is 9.01. The highest BCUT2D eigenvalue weighted by Crippen LogP contribution is 2.46. The van der Waals surface area contributed by atoms with E-state index in [1.807, 2.05) is 90.5 Å². The molecule has 0 amide bonds. The van der Waals surface area contributed by atoms with Crippen LogP contribution < -0.4 is 0 Å². The third-order valence-corrected chi connectivity index (χ3v) is 10.1. The van der Waals surface area contributed by atoms with E-state index in [0.717, 1.165) is 60.5 Å². The first-order valence-corrected chi connectivity index (χ1v) is 16.6. The summed E-state index contributed by atoms with van der Waals surface area (Å²) in [5.41, 5.74) is 6.51. The highest BCUT2D eigenvalue weighted by atomic mass is 32.1. The lowest BCUT2D eigenvalue weighted by molar-refractivity contribution is 0.670. The van der Waals surface area contributed by atoms with E-state index < -0.39 is 0 Å². The maximum atomic E-state index is 6.89. The first-order valence-electron chi connectivity index (χ1n) is 15.8. The number of benzene rings is 6. The molecule has 48 heavy (non-hydrogen) atoms. The zero-order valence-electron chi connectivity index (χ0n) is 25.5. The van der Waals surface area contributed by atoms with Gasteiger partial charge in [-0.05, 0) is 53.4 Å². The first-order chi connectivity index (χ1) is 23.8. The summed E-state index contributed by atoms with van der Waals surface area (Å²) in [7, 11) is 0. The monoisotopic (exact) mass is 632 g/mol. The number of nitrogens with zero attached hydrogens (tertiary/aromatic N) is 4. The summed E-state index contributed by atoms with van der Waals surface area (Å²) in [4.78, 5) is 19.6. The van der Waals surface area contributed by atoms with Crippen molar-refractivity contribution in [3.8, 4) is 45.3 Å². The maximum absolute atomic E-state index is 6.89. The second-order valence-corrected chi connectivity index (χ2v) is 12.9. The minimum atomic E-state index is 0.590. The number of fused-ring (bicyclic) bond motifs is 7. The fourth-order valence-corrected chi connectivity index (χ4v) is 7.92. The molecule has 5 nitrogen and oxygen atoms in total. The van der Waals surface area contributed by atoms with Crippen LogP contribution in [-0.2, 0) is 0 Å². The molecular formula is C42H24N4OS. The molecule has 4 heterocycles. The van der Waals surface area contributed by atoms with Crippen molar-refractivity contribution < 1.29 is 4.42 Å². The lowest BCUT2D eigenvalue weighted by Gasteiger charge is -2.11. The fraction of sp³-hybridized carbons (Fsp3) is 0. The molecule has 0 aliphatic rings. The van der Waals surface area contributed by atoms with Crippen molar-refractivity contribution in [2.75, 3.05) is 0 Å². The summed E-state index contributed by atoms with van der Waals surface area (Å²) < 4.78 is 9.40. The van der Waals surface area contributed by atoms with Crippen molar-refractivity contribution in [2.45, 2.75) is 0 Å². The van der Waals surface area contributed by atoms with Gasteiger partial charge in [-0.15, -0.1) is 11.3 Å². The summed E-state index contributed by atoms with van der Waals surface area (Å²) >= 11 is 1.82. The van der Waals surface area contributed by atoms with Gasteiger partial charge in [-0.3, -0.25) is 4.98 Å². The largest absolute Gasteiger partial charge is 0.455 e. The zero-order chi connectivity index (χ0) is 31.6. The van der Waals surface area contributed by atoms with Crippen LogP contribution in [0.25, 0.3) is 98.2 Å². The number of hydrogen-bond acceptors (Lipinski definition) is 6. The standard InChI is InChI=1S/C42H24N4OS/c1-3-10-25(11-4-1)40-44-41(26-12-5-2-6-13-26)46-42(45-40)32-19-18-30(29-15-9-17-36-37(29)31-14-7-8-16-35(31)48-36)39-38(32)33-22-28-24-43-21-20-27(28)23-34(33)47-39/h1-24H. The zero-order valence-corrected chi connectivity index (χ0v) is 26.3. The molecule has 0 bridgehead atoms. The Morgan fingerprint density at radius 1 is 0.479 bits per heavy atom. The molecule has 0 saturated carbocycles. The summed E-state index contributed by atoms with van der Waals surface area (Å²) in [6.45, 7) is 0. The first kappa shape index (κ1) is 26.9. The SMILES string of the molecule is c1ccc(-c2nc(-c3ccccc3)nc(-c3ccc(-c4cccc5sc6ccccc6c45)c4oc5cc6ccncc6cc5c34)n2)cc1. The second-order valence-electron chi connectivity index (χ2n) is 11.9. The Morgan fingerprint density at radius 3 is 1.96 bits per heavy atom. The molecule has 10 rings (SSSR count).